The lowest BCUT2D eigenvalue weighted by Crippen LogP contribution is -2.22. The summed E-state index contributed by atoms with van der Waals surface area (Å²) in [5.41, 5.74) is 7.39. The third-order valence-corrected chi connectivity index (χ3v) is 3.66. The Balaban J connectivity index is 0.00000243. The summed E-state index contributed by atoms with van der Waals surface area (Å²) >= 11 is 0. The highest BCUT2D eigenvalue weighted by atomic mass is 35.5. The van der Waals surface area contributed by atoms with Crippen LogP contribution in [0.15, 0.2) is 36.7 Å². The molecule has 138 valence electrons. The molecule has 0 saturated carbocycles. The number of hydrogen-bond acceptors (Lipinski definition) is 5. The summed E-state index contributed by atoms with van der Waals surface area (Å²) < 4.78 is 1.77. The fourth-order valence-electron chi connectivity index (χ4n) is 2.23. The van der Waals surface area contributed by atoms with E-state index in [1.165, 1.54) is 0 Å². The molecule has 0 radical (unpaired) electrons. The minimum atomic E-state index is -0.202. The SMILES string of the molecule is CC(C)(C)n1cc(C(=O)Nc2ccc(-c3n[nH]c(CN)n3)cc2)cn1.Cl. The van der Waals surface area contributed by atoms with Crippen molar-refractivity contribution in [2.45, 2.75) is 32.9 Å². The van der Waals surface area contributed by atoms with Gasteiger partial charge in [0.1, 0.15) is 5.82 Å². The van der Waals surface area contributed by atoms with E-state index in [4.69, 9.17) is 5.73 Å². The van der Waals surface area contributed by atoms with Crippen LogP contribution >= 0.6 is 12.4 Å². The molecule has 9 heteroatoms. The molecule has 1 amide bonds. The Labute approximate surface area is 157 Å². The quantitative estimate of drug-likeness (QED) is 0.648. The molecule has 0 fully saturated rings. The number of benzene rings is 1. The molecule has 2 heterocycles. The second-order valence-corrected chi connectivity index (χ2v) is 6.69. The summed E-state index contributed by atoms with van der Waals surface area (Å²) in [6.07, 6.45) is 3.31. The van der Waals surface area contributed by atoms with Gasteiger partial charge in [0.15, 0.2) is 5.82 Å². The number of aromatic amines is 1. The van der Waals surface area contributed by atoms with Crippen LogP contribution in [-0.4, -0.2) is 30.9 Å². The van der Waals surface area contributed by atoms with E-state index in [1.54, 1.807) is 29.2 Å². The second-order valence-electron chi connectivity index (χ2n) is 6.69. The van der Waals surface area contributed by atoms with E-state index < -0.39 is 0 Å². The lowest BCUT2D eigenvalue weighted by molar-refractivity contribution is 0.102. The number of nitrogens with zero attached hydrogens (tertiary/aromatic N) is 4. The second kappa shape index (κ2) is 7.67. The summed E-state index contributed by atoms with van der Waals surface area (Å²) in [6.45, 7) is 6.39. The smallest absolute Gasteiger partial charge is 0.258 e. The van der Waals surface area contributed by atoms with Crippen LogP contribution in [0.2, 0.25) is 0 Å². The molecule has 26 heavy (non-hydrogen) atoms. The van der Waals surface area contributed by atoms with Crippen LogP contribution in [0.4, 0.5) is 5.69 Å². The Morgan fingerprint density at radius 1 is 1.27 bits per heavy atom. The number of carbonyl (C=O) groups is 1. The number of H-pyrrole nitrogens is 1. The summed E-state index contributed by atoms with van der Waals surface area (Å²) in [4.78, 5) is 16.6. The predicted molar refractivity (Wildman–Crippen MR) is 102 cm³/mol. The number of nitrogens with one attached hydrogen (secondary N) is 2. The van der Waals surface area contributed by atoms with Crippen LogP contribution in [0, 0.1) is 0 Å². The van der Waals surface area contributed by atoms with E-state index in [1.807, 2.05) is 32.9 Å². The van der Waals surface area contributed by atoms with Crippen molar-refractivity contribution < 1.29 is 4.79 Å². The Hall–Kier alpha value is -2.71. The summed E-state index contributed by atoms with van der Waals surface area (Å²) in [5.74, 6) is 1.000. The predicted octanol–water partition coefficient (Wildman–Crippen LogP) is 2.56. The molecular formula is C17H22ClN7O. The minimum Gasteiger partial charge on any atom is -0.324 e. The van der Waals surface area contributed by atoms with Crippen LogP contribution in [0.1, 0.15) is 37.0 Å². The minimum absolute atomic E-state index is 0. The molecule has 1 aromatic carbocycles. The molecule has 0 atom stereocenters. The molecule has 0 saturated heterocycles. The maximum atomic E-state index is 12.3. The van der Waals surface area contributed by atoms with Gasteiger partial charge in [-0.05, 0) is 45.0 Å². The van der Waals surface area contributed by atoms with Gasteiger partial charge < -0.3 is 11.1 Å². The van der Waals surface area contributed by atoms with Crippen molar-refractivity contribution in [2.75, 3.05) is 5.32 Å². The lowest BCUT2D eigenvalue weighted by Gasteiger charge is -2.18. The van der Waals surface area contributed by atoms with Gasteiger partial charge >= 0.3 is 0 Å². The van der Waals surface area contributed by atoms with Gasteiger partial charge in [-0.2, -0.15) is 10.2 Å². The zero-order valence-corrected chi connectivity index (χ0v) is 15.7. The molecule has 3 aromatic rings. The van der Waals surface area contributed by atoms with Crippen molar-refractivity contribution in [1.29, 1.82) is 0 Å². The summed E-state index contributed by atoms with van der Waals surface area (Å²) in [6, 6.07) is 7.30. The molecule has 0 unspecified atom stereocenters. The maximum Gasteiger partial charge on any atom is 0.258 e. The summed E-state index contributed by atoms with van der Waals surface area (Å²) in [7, 11) is 0. The number of halogens is 1. The first-order valence-electron chi connectivity index (χ1n) is 7.95. The first-order valence-corrected chi connectivity index (χ1v) is 7.95. The van der Waals surface area contributed by atoms with Crippen LogP contribution < -0.4 is 11.1 Å². The molecule has 0 bridgehead atoms. The van der Waals surface area contributed by atoms with Gasteiger partial charge in [0.25, 0.3) is 5.91 Å². The van der Waals surface area contributed by atoms with Gasteiger partial charge in [-0.15, -0.1) is 12.4 Å². The average Bonchev–Trinajstić information content (AvgIpc) is 3.24. The number of hydrogen-bond donors (Lipinski definition) is 3. The molecule has 0 aliphatic carbocycles. The van der Waals surface area contributed by atoms with Gasteiger partial charge in [0.2, 0.25) is 0 Å². The normalized spacial score (nSPS) is 11.1. The van der Waals surface area contributed by atoms with E-state index in [0.29, 0.717) is 29.4 Å². The van der Waals surface area contributed by atoms with Crippen molar-refractivity contribution in [3.63, 3.8) is 0 Å². The van der Waals surface area contributed by atoms with E-state index in [0.717, 1.165) is 5.56 Å². The number of anilines is 1. The Kier molecular flexibility index (Phi) is 5.79. The van der Waals surface area contributed by atoms with E-state index in [9.17, 15) is 4.79 Å². The molecular weight excluding hydrogens is 354 g/mol. The van der Waals surface area contributed by atoms with Crippen molar-refractivity contribution in [1.82, 2.24) is 25.0 Å². The summed E-state index contributed by atoms with van der Waals surface area (Å²) in [5, 5.41) is 14.0. The third kappa shape index (κ3) is 4.27. The van der Waals surface area contributed by atoms with Crippen molar-refractivity contribution in [3.8, 4) is 11.4 Å². The van der Waals surface area contributed by atoms with Crippen molar-refractivity contribution in [2.24, 2.45) is 5.73 Å². The largest absolute Gasteiger partial charge is 0.324 e. The molecule has 3 rings (SSSR count). The van der Waals surface area contributed by atoms with Gasteiger partial charge in [0.05, 0.1) is 23.8 Å². The van der Waals surface area contributed by atoms with Crippen LogP contribution in [0.25, 0.3) is 11.4 Å². The number of nitrogens with two attached hydrogens (primary N) is 1. The fraction of sp³-hybridized carbons (Fsp3) is 0.294. The van der Waals surface area contributed by atoms with E-state index >= 15 is 0 Å². The van der Waals surface area contributed by atoms with Crippen molar-refractivity contribution >= 4 is 24.0 Å². The monoisotopic (exact) mass is 375 g/mol. The van der Waals surface area contributed by atoms with Crippen molar-refractivity contribution in [3.05, 3.63) is 48.0 Å². The molecule has 4 N–H and O–H groups in total. The highest BCUT2D eigenvalue weighted by Crippen LogP contribution is 2.19. The molecule has 8 nitrogen and oxygen atoms in total. The Morgan fingerprint density at radius 2 is 1.96 bits per heavy atom. The number of carbonyl (C=O) groups excluding carboxylic acids is 1. The molecule has 0 spiro atoms. The highest BCUT2D eigenvalue weighted by Gasteiger charge is 2.17. The third-order valence-electron chi connectivity index (χ3n) is 3.66. The number of aromatic nitrogens is 5. The van der Waals surface area contributed by atoms with E-state index in [2.05, 4.69) is 25.6 Å². The average molecular weight is 376 g/mol. The van der Waals surface area contributed by atoms with Crippen LogP contribution in [-0.2, 0) is 12.1 Å². The van der Waals surface area contributed by atoms with Gasteiger partial charge in [-0.3, -0.25) is 14.6 Å². The molecule has 0 aliphatic rings. The standard InChI is InChI=1S/C17H21N7O.ClH/c1-17(2,3)24-10-12(9-19-24)16(25)20-13-6-4-11(5-7-13)15-21-14(8-18)22-23-15;/h4-7,9-10H,8,18H2,1-3H3,(H,20,25)(H,21,22,23);1H. The Bertz CT molecular complexity index is 877. The lowest BCUT2D eigenvalue weighted by atomic mass is 10.1. The number of amides is 1. The van der Waals surface area contributed by atoms with Gasteiger partial charge in [0, 0.05) is 17.4 Å². The molecule has 0 aliphatic heterocycles. The zero-order valence-electron chi connectivity index (χ0n) is 14.9. The Morgan fingerprint density at radius 3 is 2.50 bits per heavy atom. The maximum absolute atomic E-state index is 12.3. The van der Waals surface area contributed by atoms with Crippen LogP contribution in [0.3, 0.4) is 0 Å². The van der Waals surface area contributed by atoms with Gasteiger partial charge in [-0.25, -0.2) is 4.98 Å². The number of rotatable bonds is 4. The van der Waals surface area contributed by atoms with E-state index in [-0.39, 0.29) is 23.9 Å². The zero-order chi connectivity index (χ0) is 18.0. The first kappa shape index (κ1) is 19.6. The fourth-order valence-corrected chi connectivity index (χ4v) is 2.23. The topological polar surface area (TPSA) is 115 Å². The first-order chi connectivity index (χ1) is 11.9. The van der Waals surface area contributed by atoms with Gasteiger partial charge in [-0.1, -0.05) is 0 Å². The van der Waals surface area contributed by atoms with Crippen LogP contribution in [0.5, 0.6) is 0 Å². The molecule has 2 aromatic heterocycles. The highest BCUT2D eigenvalue weighted by molar-refractivity contribution is 6.04.